The second kappa shape index (κ2) is 11.5. The number of carbonyl (C=O) groups is 2. The number of para-hydroxylation sites is 1. The van der Waals surface area contributed by atoms with Crippen LogP contribution in [-0.4, -0.2) is 52.3 Å². The summed E-state index contributed by atoms with van der Waals surface area (Å²) in [5.41, 5.74) is 1.34. The Bertz CT molecular complexity index is 1260. The van der Waals surface area contributed by atoms with Gasteiger partial charge in [0.15, 0.2) is 5.17 Å². The van der Waals surface area contributed by atoms with E-state index < -0.39 is 17.8 Å². The molecule has 2 heterocycles. The van der Waals surface area contributed by atoms with Gasteiger partial charge in [-0.2, -0.15) is 13.2 Å². The van der Waals surface area contributed by atoms with Gasteiger partial charge >= 0.3 is 12.2 Å². The minimum atomic E-state index is -4.59. The molecular weight excluding hydrogens is 515 g/mol. The van der Waals surface area contributed by atoms with Gasteiger partial charge in [0.2, 0.25) is 0 Å². The van der Waals surface area contributed by atoms with Gasteiger partial charge in [-0.1, -0.05) is 36.0 Å². The summed E-state index contributed by atoms with van der Waals surface area (Å²) < 4.78 is 39.8. The largest absolute Gasteiger partial charge is 0.418 e. The van der Waals surface area contributed by atoms with Crippen molar-refractivity contribution < 1.29 is 22.8 Å². The van der Waals surface area contributed by atoms with E-state index >= 15 is 0 Å². The fourth-order valence-corrected chi connectivity index (χ4v) is 5.66. The van der Waals surface area contributed by atoms with E-state index in [2.05, 4.69) is 15.5 Å². The average molecular weight is 546 g/mol. The summed E-state index contributed by atoms with van der Waals surface area (Å²) in [4.78, 5) is 34.7. The van der Waals surface area contributed by atoms with E-state index in [1.54, 1.807) is 28.8 Å². The molecule has 2 aromatic carbocycles. The van der Waals surface area contributed by atoms with Gasteiger partial charge in [-0.15, -0.1) is 0 Å². The zero-order valence-corrected chi connectivity index (χ0v) is 22.2. The number of aliphatic imine (C=N–C) groups is 1. The van der Waals surface area contributed by atoms with E-state index in [0.717, 1.165) is 35.5 Å². The molecule has 0 bridgehead atoms. The first kappa shape index (κ1) is 27.6. The number of anilines is 2. The standard InChI is InChI=1S/C27H30F3N5O2S/c1-4-34(5-2)24(36)22-17(3)31-26-35(15-8-16-38-26)23(22)18-11-13-19(14-12-18)32-25(37)33-21-10-7-6-9-20(21)27(28,29)30/h6-7,9-14,23H,4-5,8,15-16H2,1-3H3,(H2,32,33,37). The SMILES string of the molecule is CCN(CC)C(=O)C1=C(C)N=C2SCCCN2C1c1ccc(NC(=O)Nc2ccccc2C(F)(F)F)cc1. The van der Waals surface area contributed by atoms with Gasteiger partial charge in [0.1, 0.15) is 0 Å². The van der Waals surface area contributed by atoms with Gasteiger partial charge in [-0.3, -0.25) is 4.79 Å². The van der Waals surface area contributed by atoms with Crippen molar-refractivity contribution in [1.82, 2.24) is 9.80 Å². The molecule has 2 aliphatic heterocycles. The quantitative estimate of drug-likeness (QED) is 0.444. The number of halogens is 3. The van der Waals surface area contributed by atoms with E-state index in [0.29, 0.717) is 30.0 Å². The second-order valence-electron chi connectivity index (χ2n) is 8.91. The molecule has 0 saturated carbocycles. The van der Waals surface area contributed by atoms with Crippen LogP contribution in [-0.2, 0) is 11.0 Å². The Balaban J connectivity index is 1.57. The summed E-state index contributed by atoms with van der Waals surface area (Å²) in [5, 5.41) is 5.76. The van der Waals surface area contributed by atoms with Crippen LogP contribution >= 0.6 is 11.8 Å². The number of thioether (sulfide) groups is 1. The third-order valence-electron chi connectivity index (χ3n) is 6.50. The molecule has 11 heteroatoms. The number of likely N-dealkylation sites (N-methyl/N-ethyl adjacent to an activating group) is 1. The van der Waals surface area contributed by atoms with Crippen molar-refractivity contribution in [3.8, 4) is 0 Å². The first-order chi connectivity index (χ1) is 18.1. The van der Waals surface area contributed by atoms with E-state index in [-0.39, 0.29) is 17.6 Å². The van der Waals surface area contributed by atoms with Crippen molar-refractivity contribution in [2.45, 2.75) is 39.4 Å². The summed E-state index contributed by atoms with van der Waals surface area (Å²) in [6.07, 6.45) is -3.63. The number of hydrogen-bond donors (Lipinski definition) is 2. The van der Waals surface area contributed by atoms with Crippen molar-refractivity contribution in [3.63, 3.8) is 0 Å². The number of alkyl halides is 3. The van der Waals surface area contributed by atoms with Gasteiger partial charge in [-0.25, -0.2) is 9.79 Å². The first-order valence-electron chi connectivity index (χ1n) is 12.5. The summed E-state index contributed by atoms with van der Waals surface area (Å²) in [6.45, 7) is 7.68. The third-order valence-corrected chi connectivity index (χ3v) is 7.58. The Morgan fingerprint density at radius 1 is 1.08 bits per heavy atom. The predicted octanol–water partition coefficient (Wildman–Crippen LogP) is 6.34. The maximum Gasteiger partial charge on any atom is 0.418 e. The number of hydrogen-bond acceptors (Lipinski definition) is 5. The Labute approximate surface area is 224 Å². The fraction of sp³-hybridized carbons (Fsp3) is 0.370. The Kier molecular flexibility index (Phi) is 8.35. The number of allylic oxidation sites excluding steroid dienone is 1. The molecule has 0 spiro atoms. The number of nitrogens with zero attached hydrogens (tertiary/aromatic N) is 3. The highest BCUT2D eigenvalue weighted by molar-refractivity contribution is 8.13. The van der Waals surface area contributed by atoms with Crippen molar-refractivity contribution in [2.24, 2.45) is 4.99 Å². The summed E-state index contributed by atoms with van der Waals surface area (Å²) >= 11 is 1.67. The predicted molar refractivity (Wildman–Crippen MR) is 145 cm³/mol. The lowest BCUT2D eigenvalue weighted by Crippen LogP contribution is -2.45. The molecule has 2 aliphatic rings. The molecule has 7 nitrogen and oxygen atoms in total. The lowest BCUT2D eigenvalue weighted by Gasteiger charge is -2.41. The van der Waals surface area contributed by atoms with E-state index in [9.17, 15) is 22.8 Å². The fourth-order valence-electron chi connectivity index (χ4n) is 4.64. The molecule has 1 unspecified atom stereocenters. The van der Waals surface area contributed by atoms with Crippen LogP contribution in [0.25, 0.3) is 0 Å². The average Bonchev–Trinajstić information content (AvgIpc) is 2.88. The molecule has 0 aliphatic carbocycles. The second-order valence-corrected chi connectivity index (χ2v) is 9.98. The number of amides is 3. The number of benzene rings is 2. The topological polar surface area (TPSA) is 77.0 Å². The molecule has 4 rings (SSSR count). The van der Waals surface area contributed by atoms with Crippen molar-refractivity contribution in [2.75, 3.05) is 36.0 Å². The van der Waals surface area contributed by atoms with Crippen LogP contribution in [0.2, 0.25) is 0 Å². The minimum absolute atomic E-state index is 0.0548. The zero-order chi connectivity index (χ0) is 27.4. The van der Waals surface area contributed by atoms with E-state index in [1.807, 2.05) is 32.9 Å². The Morgan fingerprint density at radius 2 is 1.76 bits per heavy atom. The number of rotatable bonds is 6. The highest BCUT2D eigenvalue weighted by atomic mass is 32.2. The highest BCUT2D eigenvalue weighted by Crippen LogP contribution is 2.40. The maximum atomic E-state index is 13.5. The van der Waals surface area contributed by atoms with Crippen LogP contribution in [0.15, 0.2) is 64.8 Å². The van der Waals surface area contributed by atoms with Crippen LogP contribution in [0.1, 0.15) is 44.4 Å². The zero-order valence-electron chi connectivity index (χ0n) is 21.4. The van der Waals surface area contributed by atoms with Crippen molar-refractivity contribution >= 4 is 40.2 Å². The molecule has 202 valence electrons. The molecule has 1 fully saturated rings. The number of fused-ring (bicyclic) bond motifs is 1. The molecular formula is C27H30F3N5O2S. The number of nitrogens with one attached hydrogen (secondary N) is 2. The molecule has 0 radical (unpaired) electrons. The smallest absolute Gasteiger partial charge is 0.340 e. The van der Waals surface area contributed by atoms with Crippen molar-refractivity contribution in [3.05, 3.63) is 70.9 Å². The van der Waals surface area contributed by atoms with Crippen LogP contribution in [0.3, 0.4) is 0 Å². The number of carbonyl (C=O) groups excluding carboxylic acids is 2. The van der Waals surface area contributed by atoms with Gasteiger partial charge in [0.05, 0.1) is 28.6 Å². The Morgan fingerprint density at radius 3 is 2.42 bits per heavy atom. The summed E-state index contributed by atoms with van der Waals surface area (Å²) in [7, 11) is 0. The van der Waals surface area contributed by atoms with Crippen LogP contribution in [0, 0.1) is 0 Å². The van der Waals surface area contributed by atoms with Gasteiger partial charge in [0.25, 0.3) is 5.91 Å². The van der Waals surface area contributed by atoms with Gasteiger partial charge in [0, 0.05) is 31.1 Å². The van der Waals surface area contributed by atoms with Gasteiger partial charge < -0.3 is 20.4 Å². The number of urea groups is 1. The summed E-state index contributed by atoms with van der Waals surface area (Å²) in [6, 6.07) is 10.7. The van der Waals surface area contributed by atoms with Gasteiger partial charge in [-0.05, 0) is 57.0 Å². The lowest BCUT2D eigenvalue weighted by atomic mass is 9.93. The molecule has 3 amide bonds. The van der Waals surface area contributed by atoms with Crippen LogP contribution in [0.4, 0.5) is 29.3 Å². The van der Waals surface area contributed by atoms with Crippen LogP contribution in [0.5, 0.6) is 0 Å². The monoisotopic (exact) mass is 545 g/mol. The third kappa shape index (κ3) is 5.82. The van der Waals surface area contributed by atoms with Crippen LogP contribution < -0.4 is 10.6 Å². The lowest BCUT2D eigenvalue weighted by molar-refractivity contribution is -0.137. The number of amidine groups is 1. The molecule has 1 atom stereocenters. The Hall–Kier alpha value is -3.47. The molecule has 2 aromatic rings. The van der Waals surface area contributed by atoms with Crippen molar-refractivity contribution in [1.29, 1.82) is 0 Å². The first-order valence-corrected chi connectivity index (χ1v) is 13.4. The highest BCUT2D eigenvalue weighted by Gasteiger charge is 2.38. The van der Waals surface area contributed by atoms with E-state index in [1.165, 1.54) is 18.2 Å². The summed E-state index contributed by atoms with van der Waals surface area (Å²) in [5.74, 6) is 0.908. The van der Waals surface area contributed by atoms with E-state index in [4.69, 9.17) is 4.99 Å². The molecule has 1 saturated heterocycles. The molecule has 0 aromatic heterocycles. The molecule has 38 heavy (non-hydrogen) atoms. The molecule has 2 N–H and O–H groups in total. The minimum Gasteiger partial charge on any atom is -0.340 e. The maximum absolute atomic E-state index is 13.5. The normalized spacial score (nSPS) is 17.5.